The number of nitrogens with one attached hydrogen (secondary N) is 2. The number of rotatable bonds is 4. The summed E-state index contributed by atoms with van der Waals surface area (Å²) < 4.78 is 84.8. The van der Waals surface area contributed by atoms with Crippen molar-refractivity contribution in [2.24, 2.45) is 16.2 Å². The van der Waals surface area contributed by atoms with Crippen LogP contribution in [0, 0.1) is 17.7 Å². The molecule has 0 spiro atoms. The summed E-state index contributed by atoms with van der Waals surface area (Å²) in [6, 6.07) is -0.0350. The number of fused-ring (bicyclic) bond motifs is 1. The van der Waals surface area contributed by atoms with Crippen LogP contribution in [0.15, 0.2) is 21.4 Å². The number of benzene rings is 1. The Balaban J connectivity index is 1.78. The monoisotopic (exact) mass is 434 g/mol. The minimum atomic E-state index is -4.54. The summed E-state index contributed by atoms with van der Waals surface area (Å²) in [5.74, 6) is -0.922. The Morgan fingerprint density at radius 2 is 2.00 bits per heavy atom. The Hall–Kier alpha value is -1.88. The van der Waals surface area contributed by atoms with E-state index in [1.54, 1.807) is 7.05 Å². The zero-order valence-corrected chi connectivity index (χ0v) is 16.6. The van der Waals surface area contributed by atoms with Crippen molar-refractivity contribution in [1.82, 2.24) is 5.32 Å². The molecule has 6 nitrogen and oxygen atoms in total. The lowest BCUT2D eigenvalue weighted by molar-refractivity contribution is -0.155. The van der Waals surface area contributed by atoms with Crippen molar-refractivity contribution in [3.8, 4) is 0 Å². The highest BCUT2D eigenvalue weighted by molar-refractivity contribution is 7.90. The summed E-state index contributed by atoms with van der Waals surface area (Å²) >= 11 is 0. The van der Waals surface area contributed by atoms with Gasteiger partial charge in [0.05, 0.1) is 11.4 Å². The predicted octanol–water partition coefficient (Wildman–Crippen LogP) is 3.12. The van der Waals surface area contributed by atoms with E-state index >= 15 is 0 Å². The molecule has 1 saturated carbocycles. The van der Waals surface area contributed by atoms with Gasteiger partial charge in [0.25, 0.3) is 10.0 Å². The number of alkyl halides is 3. The standard InChI is InChI=1S/C18H22F4N4O2S/c1-23-9-10-4-5-26(15(6-10)18(20,21)22)13-7-12(19)8-14-16(13)24-17(11-2-3-11)25-29(14,27)28/h7-8,10-11,15,23H,2-6,9H2,1H3,(H,24,25)/t10-,15+/m0/s1. The Labute approximate surface area is 166 Å². The molecule has 1 aromatic carbocycles. The molecule has 160 valence electrons. The first kappa shape index (κ1) is 20.4. The first-order chi connectivity index (χ1) is 13.6. The molecular formula is C18H22F4N4O2S. The highest BCUT2D eigenvalue weighted by Crippen LogP contribution is 2.45. The highest BCUT2D eigenvalue weighted by Gasteiger charge is 2.48. The fourth-order valence-corrected chi connectivity index (χ4v) is 5.32. The molecule has 2 fully saturated rings. The van der Waals surface area contributed by atoms with Gasteiger partial charge in [-0.3, -0.25) is 0 Å². The second-order valence-electron chi connectivity index (χ2n) is 7.85. The maximum absolute atomic E-state index is 14.3. The summed E-state index contributed by atoms with van der Waals surface area (Å²) in [4.78, 5) is 0.669. The van der Waals surface area contributed by atoms with Gasteiger partial charge < -0.3 is 15.5 Å². The van der Waals surface area contributed by atoms with Crippen molar-refractivity contribution in [2.75, 3.05) is 30.4 Å². The van der Waals surface area contributed by atoms with Crippen LogP contribution in [-0.2, 0) is 10.0 Å². The molecule has 11 heteroatoms. The Bertz CT molecular complexity index is 944. The molecule has 1 aliphatic carbocycles. The van der Waals surface area contributed by atoms with Crippen molar-refractivity contribution in [3.63, 3.8) is 0 Å². The predicted molar refractivity (Wildman–Crippen MR) is 101 cm³/mol. The lowest BCUT2D eigenvalue weighted by atomic mass is 9.89. The molecular weight excluding hydrogens is 412 g/mol. The summed E-state index contributed by atoms with van der Waals surface area (Å²) in [5.41, 5.74) is -0.0912. The number of halogens is 4. The zero-order chi connectivity index (χ0) is 21.0. The fourth-order valence-electron chi connectivity index (χ4n) is 4.10. The van der Waals surface area contributed by atoms with E-state index in [1.807, 2.05) is 0 Å². The number of piperidine rings is 1. The van der Waals surface area contributed by atoms with E-state index in [2.05, 4.69) is 15.0 Å². The lowest BCUT2D eigenvalue weighted by Crippen LogP contribution is -2.52. The lowest BCUT2D eigenvalue weighted by Gasteiger charge is -2.42. The highest BCUT2D eigenvalue weighted by atomic mass is 32.2. The van der Waals surface area contributed by atoms with Gasteiger partial charge >= 0.3 is 6.18 Å². The second kappa shape index (κ2) is 7.12. The van der Waals surface area contributed by atoms with Gasteiger partial charge in [-0.25, -0.2) is 4.39 Å². The minimum Gasteiger partial charge on any atom is -0.358 e. The molecule has 4 rings (SSSR count). The van der Waals surface area contributed by atoms with Crippen LogP contribution in [0.5, 0.6) is 0 Å². The molecule has 3 aliphatic rings. The van der Waals surface area contributed by atoms with Crippen LogP contribution in [0.2, 0.25) is 0 Å². The van der Waals surface area contributed by atoms with Crippen LogP contribution in [-0.4, -0.2) is 46.6 Å². The summed E-state index contributed by atoms with van der Waals surface area (Å²) in [7, 11) is -2.50. The Morgan fingerprint density at radius 1 is 1.28 bits per heavy atom. The molecule has 0 unspecified atom stereocenters. The van der Waals surface area contributed by atoms with Crippen molar-refractivity contribution in [1.29, 1.82) is 0 Å². The van der Waals surface area contributed by atoms with Gasteiger partial charge in [-0.1, -0.05) is 0 Å². The van der Waals surface area contributed by atoms with Gasteiger partial charge in [0.2, 0.25) is 0 Å². The van der Waals surface area contributed by atoms with Crippen LogP contribution >= 0.6 is 0 Å². The van der Waals surface area contributed by atoms with E-state index < -0.39 is 33.0 Å². The molecule has 0 radical (unpaired) electrons. The van der Waals surface area contributed by atoms with E-state index in [0.29, 0.717) is 13.0 Å². The Kier molecular flexibility index (Phi) is 5.01. The van der Waals surface area contributed by atoms with E-state index in [4.69, 9.17) is 0 Å². The quantitative estimate of drug-likeness (QED) is 0.713. The number of anilines is 2. The average molecular weight is 434 g/mol. The van der Waals surface area contributed by atoms with Crippen molar-refractivity contribution >= 4 is 27.2 Å². The first-order valence-electron chi connectivity index (χ1n) is 9.53. The maximum Gasteiger partial charge on any atom is 0.408 e. The molecule has 1 saturated heterocycles. The average Bonchev–Trinajstić information content (AvgIpc) is 3.46. The van der Waals surface area contributed by atoms with Gasteiger partial charge in [0.15, 0.2) is 0 Å². The zero-order valence-electron chi connectivity index (χ0n) is 15.8. The van der Waals surface area contributed by atoms with Crippen molar-refractivity contribution in [2.45, 2.75) is 42.8 Å². The third-order valence-electron chi connectivity index (χ3n) is 5.65. The topological polar surface area (TPSA) is 73.8 Å². The van der Waals surface area contributed by atoms with E-state index in [9.17, 15) is 26.0 Å². The van der Waals surface area contributed by atoms with Crippen molar-refractivity contribution in [3.05, 3.63) is 17.9 Å². The molecule has 2 atom stereocenters. The van der Waals surface area contributed by atoms with Crippen LogP contribution in [0.3, 0.4) is 0 Å². The van der Waals surface area contributed by atoms with Gasteiger partial charge in [-0.15, -0.1) is 4.40 Å². The third kappa shape index (κ3) is 3.94. The molecule has 0 amide bonds. The van der Waals surface area contributed by atoms with E-state index in [1.165, 1.54) is 0 Å². The second-order valence-corrected chi connectivity index (χ2v) is 9.42. The molecule has 2 aliphatic heterocycles. The van der Waals surface area contributed by atoms with E-state index in [0.717, 1.165) is 29.9 Å². The largest absolute Gasteiger partial charge is 0.408 e. The SMILES string of the molecule is CNC[C@H]1CCN(c2cc(F)cc3c2NC(C2CC2)=NS3(=O)=O)[C@@H](C(F)(F)F)C1. The Morgan fingerprint density at radius 3 is 2.62 bits per heavy atom. The number of sulfonamides is 1. The van der Waals surface area contributed by atoms with Gasteiger partial charge in [0.1, 0.15) is 22.6 Å². The normalized spacial score (nSPS) is 26.5. The summed E-state index contributed by atoms with van der Waals surface area (Å²) in [5, 5.41) is 5.80. The van der Waals surface area contributed by atoms with Gasteiger partial charge in [-0.2, -0.15) is 21.6 Å². The molecule has 2 N–H and O–H groups in total. The van der Waals surface area contributed by atoms with Crippen LogP contribution in [0.25, 0.3) is 0 Å². The number of hydrogen-bond acceptors (Lipinski definition) is 5. The molecule has 0 aromatic heterocycles. The number of nitrogens with zero attached hydrogens (tertiary/aromatic N) is 2. The van der Waals surface area contributed by atoms with E-state index in [-0.39, 0.29) is 42.0 Å². The molecule has 2 heterocycles. The van der Waals surface area contributed by atoms with Crippen LogP contribution in [0.4, 0.5) is 28.9 Å². The molecule has 1 aromatic rings. The first-order valence-corrected chi connectivity index (χ1v) is 11.0. The van der Waals surface area contributed by atoms with Crippen LogP contribution < -0.4 is 15.5 Å². The maximum atomic E-state index is 14.3. The van der Waals surface area contributed by atoms with Crippen LogP contribution in [0.1, 0.15) is 25.7 Å². The molecule has 29 heavy (non-hydrogen) atoms. The summed E-state index contributed by atoms with van der Waals surface area (Å²) in [6.45, 7) is 0.497. The summed E-state index contributed by atoms with van der Waals surface area (Å²) in [6.07, 6.45) is -2.69. The van der Waals surface area contributed by atoms with Gasteiger partial charge in [-0.05, 0) is 57.3 Å². The number of amidine groups is 1. The fraction of sp³-hybridized carbons (Fsp3) is 0.611. The number of hydrogen-bond donors (Lipinski definition) is 2. The molecule has 0 bridgehead atoms. The van der Waals surface area contributed by atoms with Crippen molar-refractivity contribution < 1.29 is 26.0 Å². The van der Waals surface area contributed by atoms with Gasteiger partial charge in [0, 0.05) is 12.5 Å². The minimum absolute atomic E-state index is 0.00961. The third-order valence-corrected chi connectivity index (χ3v) is 6.97. The smallest absolute Gasteiger partial charge is 0.358 e.